The monoisotopic (exact) mass is 980 g/mol. The summed E-state index contributed by atoms with van der Waals surface area (Å²) < 4.78 is 8.77. The summed E-state index contributed by atoms with van der Waals surface area (Å²) in [5.41, 5.74) is 14.0. The summed E-state index contributed by atoms with van der Waals surface area (Å²) in [5, 5.41) is 3.66. The Morgan fingerprint density at radius 3 is 2.23 bits per heavy atom. The third kappa shape index (κ3) is 8.60. The Morgan fingerprint density at radius 2 is 1.52 bits per heavy atom. The van der Waals surface area contributed by atoms with Crippen molar-refractivity contribution in [1.82, 2.24) is 14.5 Å². The van der Waals surface area contributed by atoms with E-state index in [1.165, 1.54) is 33.0 Å². The van der Waals surface area contributed by atoms with E-state index in [1.54, 1.807) is 0 Å². The van der Waals surface area contributed by atoms with Gasteiger partial charge in [0.15, 0.2) is 0 Å². The Labute approximate surface area is 370 Å². The molecule has 0 spiro atoms. The van der Waals surface area contributed by atoms with Gasteiger partial charge < -0.3 is 14.0 Å². The van der Waals surface area contributed by atoms with Gasteiger partial charge in [-0.3, -0.25) is 4.98 Å². The van der Waals surface area contributed by atoms with Crippen LogP contribution < -0.4 is 5.19 Å². The van der Waals surface area contributed by atoms with Crippen LogP contribution in [0.3, 0.4) is 0 Å². The molecule has 3 heterocycles. The quantitative estimate of drug-likeness (QED) is 0.118. The molecule has 60 heavy (non-hydrogen) atoms. The summed E-state index contributed by atoms with van der Waals surface area (Å²) in [7, 11) is -1.35. The first-order chi connectivity index (χ1) is 28.3. The van der Waals surface area contributed by atoms with Crippen molar-refractivity contribution in [3.63, 3.8) is 0 Å². The predicted octanol–water partition coefficient (Wildman–Crippen LogP) is 14.0. The van der Waals surface area contributed by atoms with E-state index in [0.717, 1.165) is 67.7 Å². The van der Waals surface area contributed by atoms with Crippen molar-refractivity contribution < 1.29 is 24.5 Å². The minimum absolute atomic E-state index is 0. The number of rotatable bonds is 7. The average Bonchev–Trinajstić information content (AvgIpc) is 3.79. The van der Waals surface area contributed by atoms with E-state index in [1.807, 2.05) is 30.3 Å². The van der Waals surface area contributed by atoms with E-state index in [-0.39, 0.29) is 25.5 Å². The van der Waals surface area contributed by atoms with Gasteiger partial charge in [0.25, 0.3) is 0 Å². The molecular formula is C54H53IrN3OSi-2. The summed E-state index contributed by atoms with van der Waals surface area (Å²) in [6.07, 6.45) is 3.24. The fourth-order valence-electron chi connectivity index (χ4n) is 8.11. The average molecular weight is 980 g/mol. The van der Waals surface area contributed by atoms with Crippen LogP contribution in [-0.4, -0.2) is 22.6 Å². The first-order valence-corrected chi connectivity index (χ1v) is 24.2. The maximum atomic E-state index is 6.45. The van der Waals surface area contributed by atoms with Gasteiger partial charge in [0.05, 0.1) is 36.2 Å². The zero-order valence-corrected chi connectivity index (χ0v) is 39.5. The zero-order valence-electron chi connectivity index (χ0n) is 36.1. The topological polar surface area (TPSA) is 43.9 Å². The summed E-state index contributed by atoms with van der Waals surface area (Å²) >= 11 is 0. The molecular weight excluding hydrogens is 927 g/mol. The molecule has 1 radical (unpaired) electrons. The molecule has 0 fully saturated rings. The fourth-order valence-corrected chi connectivity index (χ4v) is 9.70. The summed E-state index contributed by atoms with van der Waals surface area (Å²) in [6.45, 7) is 20.6. The van der Waals surface area contributed by atoms with Crippen LogP contribution in [0, 0.1) is 25.0 Å². The molecule has 0 atom stereocenters. The largest absolute Gasteiger partial charge is 0.501 e. The number of aromatic nitrogens is 3. The van der Waals surface area contributed by atoms with Crippen molar-refractivity contribution in [3.05, 3.63) is 168 Å². The van der Waals surface area contributed by atoms with E-state index in [2.05, 4.69) is 187 Å². The summed E-state index contributed by atoms with van der Waals surface area (Å²) in [5.74, 6) is 1.49. The van der Waals surface area contributed by atoms with Gasteiger partial charge >= 0.3 is 0 Å². The van der Waals surface area contributed by atoms with Crippen molar-refractivity contribution in [3.8, 4) is 39.5 Å². The van der Waals surface area contributed by atoms with Crippen molar-refractivity contribution in [2.24, 2.45) is 5.92 Å². The SMILES string of the molecule is CC(C)(C)c1cccc(-c2ccccc2)c1-n1c(-c2[c-]ccc3c2oc2ccccc23)nc2ccccc21.Cc1c[c-]c(-c2cc(CC(C)C)c([Si](C)(C)C)cn2)cc1.[Ir]. The summed E-state index contributed by atoms with van der Waals surface area (Å²) in [4.78, 5) is 9.93. The van der Waals surface area contributed by atoms with Crippen LogP contribution in [0.1, 0.15) is 51.3 Å². The minimum atomic E-state index is -1.35. The Morgan fingerprint density at radius 1 is 0.783 bits per heavy atom. The van der Waals surface area contributed by atoms with Crippen molar-refractivity contribution in [2.75, 3.05) is 0 Å². The van der Waals surface area contributed by atoms with E-state index in [0.29, 0.717) is 5.92 Å². The molecule has 0 aliphatic heterocycles. The van der Waals surface area contributed by atoms with Crippen LogP contribution >= 0.6 is 0 Å². The van der Waals surface area contributed by atoms with Crippen molar-refractivity contribution in [2.45, 2.75) is 73.0 Å². The number of aryl methyl sites for hydroxylation is 1. The van der Waals surface area contributed by atoms with Crippen LogP contribution in [0.5, 0.6) is 0 Å². The maximum absolute atomic E-state index is 6.45. The molecule has 9 rings (SSSR count). The number of imidazole rings is 1. The van der Waals surface area contributed by atoms with Crippen LogP contribution in [-0.2, 0) is 31.9 Å². The third-order valence-electron chi connectivity index (χ3n) is 10.9. The predicted molar refractivity (Wildman–Crippen MR) is 252 cm³/mol. The number of fused-ring (bicyclic) bond motifs is 4. The molecule has 3 aromatic heterocycles. The van der Waals surface area contributed by atoms with Gasteiger partial charge in [0.2, 0.25) is 0 Å². The molecule has 4 nitrogen and oxygen atoms in total. The van der Waals surface area contributed by atoms with Gasteiger partial charge in [-0.05, 0) is 58.0 Å². The van der Waals surface area contributed by atoms with Gasteiger partial charge in [-0.1, -0.05) is 163 Å². The molecule has 0 aliphatic rings. The molecule has 0 saturated heterocycles. The molecule has 0 bridgehead atoms. The van der Waals surface area contributed by atoms with E-state index in [9.17, 15) is 0 Å². The van der Waals surface area contributed by atoms with Crippen molar-refractivity contribution in [1.29, 1.82) is 0 Å². The van der Waals surface area contributed by atoms with Crippen LogP contribution in [0.25, 0.3) is 72.4 Å². The standard InChI is InChI=1S/C35H27N2O.C19H26NSi.Ir/c1-35(2,3)28-19-12-16-24(23-13-5-4-6-14-23)32(28)37-30-21-9-8-20-29(30)36-34(37)27-18-11-17-26-25-15-7-10-22-31(25)38-33(26)27;1-14(2)11-17-12-18(16-9-7-15(3)8-10-16)20-13-19(17)21(4,5)6;/h4-17,19-22H,1-3H3;7-9,12-14H,11H2,1-6H3;/q2*-1;. The first kappa shape index (κ1) is 42.7. The fraction of sp³-hybridized carbons (Fsp3) is 0.222. The molecule has 6 aromatic carbocycles. The maximum Gasteiger partial charge on any atom is 0.120 e. The zero-order chi connectivity index (χ0) is 41.5. The van der Waals surface area contributed by atoms with E-state index >= 15 is 0 Å². The number of nitrogens with zero attached hydrogens (tertiary/aromatic N) is 3. The smallest absolute Gasteiger partial charge is 0.120 e. The second-order valence-electron chi connectivity index (χ2n) is 18.1. The molecule has 0 aliphatic carbocycles. The van der Waals surface area contributed by atoms with Gasteiger partial charge in [-0.15, -0.1) is 53.6 Å². The molecule has 0 amide bonds. The second kappa shape index (κ2) is 17.3. The molecule has 305 valence electrons. The van der Waals surface area contributed by atoms with E-state index < -0.39 is 8.07 Å². The Bertz CT molecular complexity index is 2910. The van der Waals surface area contributed by atoms with Crippen molar-refractivity contribution >= 4 is 46.2 Å². The molecule has 9 aromatic rings. The molecule has 0 unspecified atom stereocenters. The van der Waals surface area contributed by atoms with E-state index in [4.69, 9.17) is 14.4 Å². The summed E-state index contributed by atoms with van der Waals surface area (Å²) in [6, 6.07) is 53.2. The number of hydrogen-bond donors (Lipinski definition) is 0. The van der Waals surface area contributed by atoms with Gasteiger partial charge in [0.1, 0.15) is 5.58 Å². The normalized spacial score (nSPS) is 11.8. The molecule has 6 heteroatoms. The third-order valence-corrected chi connectivity index (χ3v) is 13.0. The number of benzene rings is 6. The number of hydrogen-bond acceptors (Lipinski definition) is 3. The first-order valence-electron chi connectivity index (χ1n) is 20.7. The molecule has 0 saturated carbocycles. The minimum Gasteiger partial charge on any atom is -0.501 e. The molecule has 0 N–H and O–H groups in total. The van der Waals surface area contributed by atoms with Crippen LogP contribution in [0.15, 0.2) is 144 Å². The number of pyridine rings is 1. The van der Waals surface area contributed by atoms with Crippen LogP contribution in [0.2, 0.25) is 19.6 Å². The Kier molecular flexibility index (Phi) is 12.3. The van der Waals surface area contributed by atoms with Crippen LogP contribution in [0.4, 0.5) is 0 Å². The van der Waals surface area contributed by atoms with Gasteiger partial charge in [-0.25, -0.2) is 0 Å². The Hall–Kier alpha value is -5.39. The van der Waals surface area contributed by atoms with Gasteiger partial charge in [0, 0.05) is 37.3 Å². The number of para-hydroxylation sites is 4. The van der Waals surface area contributed by atoms with Gasteiger partial charge in [-0.2, -0.15) is 0 Å². The Balaban J connectivity index is 0.000000212. The second-order valence-corrected chi connectivity index (χ2v) is 23.2. The number of furan rings is 1.